The summed E-state index contributed by atoms with van der Waals surface area (Å²) in [5.41, 5.74) is 1.35. The van der Waals surface area contributed by atoms with Gasteiger partial charge in [-0.05, 0) is 48.6 Å². The minimum absolute atomic E-state index is 0.0388. The summed E-state index contributed by atoms with van der Waals surface area (Å²) in [4.78, 5) is 29.7. The van der Waals surface area contributed by atoms with Crippen LogP contribution in [0.4, 0.5) is 5.69 Å². The van der Waals surface area contributed by atoms with Crippen LogP contribution in [0.2, 0.25) is 0 Å². The Bertz CT molecular complexity index is 1010. The molecule has 0 aliphatic rings. The first-order chi connectivity index (χ1) is 13.5. The fraction of sp³-hybridized carbons (Fsp3) is 0.350. The number of carbonyl (C=O) groups excluding carboxylic acids is 1. The SMILES string of the molecule is CCOc1ccc(NC(=O)CSc2nc3ccsc3c(=O)n2CC(C)C)cc1. The molecule has 0 atom stereocenters. The summed E-state index contributed by atoms with van der Waals surface area (Å²) in [5.74, 6) is 1.09. The van der Waals surface area contributed by atoms with E-state index >= 15 is 0 Å². The number of carbonyl (C=O) groups is 1. The molecule has 0 aliphatic carbocycles. The number of thioether (sulfide) groups is 1. The van der Waals surface area contributed by atoms with Crippen molar-refractivity contribution in [2.75, 3.05) is 17.7 Å². The molecule has 3 rings (SSSR count). The van der Waals surface area contributed by atoms with Crippen LogP contribution in [0.15, 0.2) is 45.7 Å². The molecule has 0 saturated heterocycles. The van der Waals surface area contributed by atoms with E-state index in [1.807, 2.05) is 30.5 Å². The van der Waals surface area contributed by atoms with Crippen LogP contribution in [-0.2, 0) is 11.3 Å². The molecular formula is C20H23N3O3S2. The number of aromatic nitrogens is 2. The molecule has 2 heterocycles. The van der Waals surface area contributed by atoms with Crippen LogP contribution in [0.1, 0.15) is 20.8 Å². The molecule has 0 aliphatic heterocycles. The Labute approximate surface area is 171 Å². The molecule has 6 nitrogen and oxygen atoms in total. The van der Waals surface area contributed by atoms with Gasteiger partial charge in [0.1, 0.15) is 10.4 Å². The number of thiophene rings is 1. The van der Waals surface area contributed by atoms with E-state index in [1.54, 1.807) is 16.7 Å². The van der Waals surface area contributed by atoms with E-state index in [0.717, 1.165) is 5.75 Å². The summed E-state index contributed by atoms with van der Waals surface area (Å²) >= 11 is 2.68. The minimum atomic E-state index is -0.148. The Morgan fingerprint density at radius 3 is 2.71 bits per heavy atom. The second-order valence-corrected chi connectivity index (χ2v) is 8.49. The van der Waals surface area contributed by atoms with E-state index in [0.29, 0.717) is 40.1 Å². The van der Waals surface area contributed by atoms with Crippen molar-refractivity contribution in [2.45, 2.75) is 32.5 Å². The van der Waals surface area contributed by atoms with Crippen molar-refractivity contribution in [2.24, 2.45) is 5.92 Å². The summed E-state index contributed by atoms with van der Waals surface area (Å²) in [5, 5.41) is 5.30. The van der Waals surface area contributed by atoms with Crippen molar-refractivity contribution in [1.29, 1.82) is 0 Å². The molecular weight excluding hydrogens is 394 g/mol. The summed E-state index contributed by atoms with van der Waals surface area (Å²) in [6.45, 7) is 7.20. The fourth-order valence-electron chi connectivity index (χ4n) is 2.69. The van der Waals surface area contributed by atoms with E-state index in [4.69, 9.17) is 4.74 Å². The van der Waals surface area contributed by atoms with E-state index in [2.05, 4.69) is 24.1 Å². The van der Waals surface area contributed by atoms with E-state index in [-0.39, 0.29) is 17.2 Å². The molecule has 1 N–H and O–H groups in total. The lowest BCUT2D eigenvalue weighted by Gasteiger charge is -2.14. The predicted molar refractivity (Wildman–Crippen MR) is 116 cm³/mol. The molecule has 1 aromatic carbocycles. The molecule has 1 amide bonds. The summed E-state index contributed by atoms with van der Waals surface area (Å²) < 4.78 is 7.73. The van der Waals surface area contributed by atoms with Crippen molar-refractivity contribution < 1.29 is 9.53 Å². The number of rotatable bonds is 8. The van der Waals surface area contributed by atoms with E-state index < -0.39 is 0 Å². The summed E-state index contributed by atoms with van der Waals surface area (Å²) in [6, 6.07) is 9.08. The number of ether oxygens (including phenoxy) is 1. The third kappa shape index (κ3) is 4.94. The Morgan fingerprint density at radius 1 is 1.29 bits per heavy atom. The molecule has 0 saturated carbocycles. The van der Waals surface area contributed by atoms with Gasteiger partial charge in [-0.2, -0.15) is 0 Å². The van der Waals surface area contributed by atoms with Crippen LogP contribution in [0.5, 0.6) is 5.75 Å². The fourth-order valence-corrected chi connectivity index (χ4v) is 4.28. The van der Waals surface area contributed by atoms with Crippen LogP contribution in [0.25, 0.3) is 10.2 Å². The molecule has 2 aromatic heterocycles. The lowest BCUT2D eigenvalue weighted by atomic mass is 10.2. The average molecular weight is 418 g/mol. The van der Waals surface area contributed by atoms with Crippen LogP contribution in [0, 0.1) is 5.92 Å². The second-order valence-electron chi connectivity index (χ2n) is 6.63. The molecule has 148 valence electrons. The molecule has 0 fully saturated rings. The van der Waals surface area contributed by atoms with Crippen molar-refractivity contribution in [3.8, 4) is 5.75 Å². The lowest BCUT2D eigenvalue weighted by molar-refractivity contribution is -0.113. The normalized spacial score (nSPS) is 11.1. The topological polar surface area (TPSA) is 73.2 Å². The zero-order chi connectivity index (χ0) is 20.1. The summed E-state index contributed by atoms with van der Waals surface area (Å²) in [6.07, 6.45) is 0. The molecule has 0 spiro atoms. The van der Waals surface area contributed by atoms with Crippen LogP contribution >= 0.6 is 23.1 Å². The number of anilines is 1. The zero-order valence-electron chi connectivity index (χ0n) is 16.1. The molecule has 0 unspecified atom stereocenters. The van der Waals surface area contributed by atoms with Gasteiger partial charge < -0.3 is 10.1 Å². The first-order valence-corrected chi connectivity index (χ1v) is 11.0. The van der Waals surface area contributed by atoms with Gasteiger partial charge in [0.25, 0.3) is 5.56 Å². The van der Waals surface area contributed by atoms with Gasteiger partial charge in [0.2, 0.25) is 5.91 Å². The van der Waals surface area contributed by atoms with E-state index in [9.17, 15) is 9.59 Å². The zero-order valence-corrected chi connectivity index (χ0v) is 17.7. The maximum atomic E-state index is 12.8. The van der Waals surface area contributed by atoms with Crippen LogP contribution in [0.3, 0.4) is 0 Å². The molecule has 0 bridgehead atoms. The van der Waals surface area contributed by atoms with Gasteiger partial charge in [-0.15, -0.1) is 11.3 Å². The quantitative estimate of drug-likeness (QED) is 0.438. The molecule has 0 radical (unpaired) electrons. The van der Waals surface area contributed by atoms with Gasteiger partial charge in [-0.1, -0.05) is 25.6 Å². The number of hydrogen-bond acceptors (Lipinski definition) is 6. The molecule has 8 heteroatoms. The highest BCUT2D eigenvalue weighted by atomic mass is 32.2. The van der Waals surface area contributed by atoms with Crippen LogP contribution in [-0.4, -0.2) is 27.8 Å². The van der Waals surface area contributed by atoms with Crippen LogP contribution < -0.4 is 15.6 Å². The Hall–Kier alpha value is -2.32. The molecule has 3 aromatic rings. The largest absolute Gasteiger partial charge is 0.494 e. The second kappa shape index (κ2) is 9.25. The summed E-state index contributed by atoms with van der Waals surface area (Å²) in [7, 11) is 0. The lowest BCUT2D eigenvalue weighted by Crippen LogP contribution is -2.25. The standard InChI is InChI=1S/C20H23N3O3S2/c1-4-26-15-7-5-14(6-8-15)21-17(24)12-28-20-22-16-9-10-27-18(16)19(25)23(20)11-13(2)3/h5-10,13H,4,11-12H2,1-3H3,(H,21,24). The van der Waals surface area contributed by atoms with Crippen molar-refractivity contribution in [1.82, 2.24) is 9.55 Å². The number of hydrogen-bond donors (Lipinski definition) is 1. The Morgan fingerprint density at radius 2 is 2.04 bits per heavy atom. The van der Waals surface area contributed by atoms with Crippen molar-refractivity contribution >= 4 is 44.9 Å². The maximum absolute atomic E-state index is 12.8. The van der Waals surface area contributed by atoms with Gasteiger partial charge in [-0.25, -0.2) is 4.98 Å². The number of benzene rings is 1. The maximum Gasteiger partial charge on any atom is 0.272 e. The van der Waals surface area contributed by atoms with E-state index in [1.165, 1.54) is 23.1 Å². The first-order valence-electron chi connectivity index (χ1n) is 9.11. The third-order valence-electron chi connectivity index (χ3n) is 3.86. The number of nitrogens with zero attached hydrogens (tertiary/aromatic N) is 2. The number of amides is 1. The van der Waals surface area contributed by atoms with Gasteiger partial charge in [0.05, 0.1) is 17.9 Å². The highest BCUT2D eigenvalue weighted by Gasteiger charge is 2.15. The number of fused-ring (bicyclic) bond motifs is 1. The highest BCUT2D eigenvalue weighted by Crippen LogP contribution is 2.22. The third-order valence-corrected chi connectivity index (χ3v) is 5.73. The average Bonchev–Trinajstić information content (AvgIpc) is 3.13. The minimum Gasteiger partial charge on any atom is -0.494 e. The first kappa shape index (κ1) is 20.4. The Kier molecular flexibility index (Phi) is 6.74. The van der Waals surface area contributed by atoms with Gasteiger partial charge in [0, 0.05) is 12.2 Å². The molecule has 28 heavy (non-hydrogen) atoms. The number of nitrogens with one attached hydrogen (secondary N) is 1. The monoisotopic (exact) mass is 417 g/mol. The van der Waals surface area contributed by atoms with Crippen molar-refractivity contribution in [3.63, 3.8) is 0 Å². The Balaban J connectivity index is 1.71. The van der Waals surface area contributed by atoms with Gasteiger partial charge in [0.15, 0.2) is 5.16 Å². The highest BCUT2D eigenvalue weighted by molar-refractivity contribution is 7.99. The smallest absolute Gasteiger partial charge is 0.272 e. The van der Waals surface area contributed by atoms with Gasteiger partial charge in [-0.3, -0.25) is 14.2 Å². The van der Waals surface area contributed by atoms with Crippen molar-refractivity contribution in [3.05, 3.63) is 46.1 Å². The van der Waals surface area contributed by atoms with Gasteiger partial charge >= 0.3 is 0 Å². The predicted octanol–water partition coefficient (Wildman–Crippen LogP) is 4.24.